The molecule has 0 amide bonds. The SMILES string of the molecule is CCC(CO)(CO)COC(=O)C1CCC(C)CC1C(=O)O. The zero-order valence-corrected chi connectivity index (χ0v) is 12.7. The van der Waals surface area contributed by atoms with Gasteiger partial charge in [-0.05, 0) is 31.6 Å². The Labute approximate surface area is 125 Å². The maximum absolute atomic E-state index is 12.2. The predicted octanol–water partition coefficient (Wildman–Crippen LogP) is 1.05. The summed E-state index contributed by atoms with van der Waals surface area (Å²) in [7, 11) is 0. The summed E-state index contributed by atoms with van der Waals surface area (Å²) >= 11 is 0. The smallest absolute Gasteiger partial charge is 0.309 e. The highest BCUT2D eigenvalue weighted by Crippen LogP contribution is 2.35. The van der Waals surface area contributed by atoms with E-state index in [1.807, 2.05) is 6.92 Å². The van der Waals surface area contributed by atoms with Gasteiger partial charge in [-0.2, -0.15) is 0 Å². The van der Waals surface area contributed by atoms with Gasteiger partial charge in [0.1, 0.15) is 6.61 Å². The number of ether oxygens (including phenoxy) is 1. The van der Waals surface area contributed by atoms with Crippen LogP contribution < -0.4 is 0 Å². The van der Waals surface area contributed by atoms with Crippen LogP contribution in [0.15, 0.2) is 0 Å². The maximum Gasteiger partial charge on any atom is 0.309 e. The molecule has 0 radical (unpaired) electrons. The molecule has 21 heavy (non-hydrogen) atoms. The van der Waals surface area contributed by atoms with Crippen molar-refractivity contribution in [2.24, 2.45) is 23.2 Å². The van der Waals surface area contributed by atoms with Gasteiger partial charge in [0.25, 0.3) is 0 Å². The number of esters is 1. The van der Waals surface area contributed by atoms with Crippen LogP contribution in [0.2, 0.25) is 0 Å². The topological polar surface area (TPSA) is 104 Å². The largest absolute Gasteiger partial charge is 0.481 e. The average molecular weight is 302 g/mol. The molecule has 0 aromatic rings. The number of hydrogen-bond acceptors (Lipinski definition) is 5. The monoisotopic (exact) mass is 302 g/mol. The molecule has 3 unspecified atom stereocenters. The van der Waals surface area contributed by atoms with Gasteiger partial charge in [0.2, 0.25) is 0 Å². The Balaban J connectivity index is 2.67. The van der Waals surface area contributed by atoms with Crippen LogP contribution >= 0.6 is 0 Å². The fourth-order valence-electron chi connectivity index (χ4n) is 2.73. The second-order valence-corrected chi connectivity index (χ2v) is 6.25. The molecule has 0 spiro atoms. The summed E-state index contributed by atoms with van der Waals surface area (Å²) in [5, 5.41) is 27.9. The van der Waals surface area contributed by atoms with Gasteiger partial charge in [0.05, 0.1) is 30.5 Å². The molecule has 122 valence electrons. The standard InChI is InChI=1S/C15H26O6/c1-3-15(7-16,8-17)9-21-14(20)11-5-4-10(2)6-12(11)13(18)19/h10-12,16-17H,3-9H2,1-2H3,(H,18,19). The third-order valence-electron chi connectivity index (χ3n) is 4.67. The van der Waals surface area contributed by atoms with Crippen molar-refractivity contribution < 1.29 is 29.6 Å². The fraction of sp³-hybridized carbons (Fsp3) is 0.867. The molecular formula is C15H26O6. The van der Waals surface area contributed by atoms with E-state index in [-0.39, 0.29) is 19.8 Å². The van der Waals surface area contributed by atoms with Gasteiger partial charge in [0.15, 0.2) is 0 Å². The van der Waals surface area contributed by atoms with E-state index < -0.39 is 29.2 Å². The molecule has 0 aromatic heterocycles. The van der Waals surface area contributed by atoms with Crippen LogP contribution in [0, 0.1) is 23.2 Å². The number of carbonyl (C=O) groups is 2. The second-order valence-electron chi connectivity index (χ2n) is 6.25. The second kappa shape index (κ2) is 7.75. The molecule has 6 heteroatoms. The first-order chi connectivity index (χ1) is 9.89. The van der Waals surface area contributed by atoms with E-state index in [0.29, 0.717) is 25.2 Å². The Morgan fingerprint density at radius 3 is 2.29 bits per heavy atom. The summed E-state index contributed by atoms with van der Waals surface area (Å²) in [6.45, 7) is 3.13. The Hall–Kier alpha value is -1.14. The molecule has 0 aromatic carbocycles. The molecule has 1 saturated carbocycles. The molecule has 1 aliphatic carbocycles. The van der Waals surface area contributed by atoms with E-state index in [9.17, 15) is 24.9 Å². The summed E-state index contributed by atoms with van der Waals surface area (Å²) in [5.74, 6) is -2.55. The molecule has 0 bridgehead atoms. The first kappa shape index (κ1) is 17.9. The van der Waals surface area contributed by atoms with Gasteiger partial charge in [-0.15, -0.1) is 0 Å². The van der Waals surface area contributed by atoms with Crippen LogP contribution in [0.3, 0.4) is 0 Å². The molecule has 3 N–H and O–H groups in total. The lowest BCUT2D eigenvalue weighted by Gasteiger charge is -2.32. The quantitative estimate of drug-likeness (QED) is 0.607. The van der Waals surface area contributed by atoms with Gasteiger partial charge in [-0.3, -0.25) is 9.59 Å². The molecule has 6 nitrogen and oxygen atoms in total. The number of aliphatic hydroxyl groups is 2. The van der Waals surface area contributed by atoms with Crippen LogP contribution in [0.1, 0.15) is 39.5 Å². The van der Waals surface area contributed by atoms with Gasteiger partial charge in [-0.25, -0.2) is 0 Å². The van der Waals surface area contributed by atoms with Gasteiger partial charge in [-0.1, -0.05) is 13.8 Å². The minimum Gasteiger partial charge on any atom is -0.481 e. The summed E-state index contributed by atoms with van der Waals surface area (Å²) in [4.78, 5) is 23.5. The summed E-state index contributed by atoms with van der Waals surface area (Å²) < 4.78 is 5.21. The van der Waals surface area contributed by atoms with Crippen LogP contribution in [-0.2, 0) is 14.3 Å². The van der Waals surface area contributed by atoms with Crippen molar-refractivity contribution in [1.29, 1.82) is 0 Å². The number of aliphatic carboxylic acids is 1. The normalized spacial score (nSPS) is 26.4. The third-order valence-corrected chi connectivity index (χ3v) is 4.67. The van der Waals surface area contributed by atoms with E-state index in [2.05, 4.69) is 0 Å². The number of aliphatic hydroxyl groups excluding tert-OH is 2. The van der Waals surface area contributed by atoms with Gasteiger partial charge >= 0.3 is 11.9 Å². The number of carboxylic acid groups (broad SMARTS) is 1. The number of carbonyl (C=O) groups excluding carboxylic acids is 1. The Bertz CT molecular complexity index is 355. The third kappa shape index (κ3) is 4.41. The molecule has 0 saturated heterocycles. The highest BCUT2D eigenvalue weighted by atomic mass is 16.5. The Morgan fingerprint density at radius 1 is 1.19 bits per heavy atom. The fourth-order valence-corrected chi connectivity index (χ4v) is 2.73. The molecule has 0 aliphatic heterocycles. The number of rotatable bonds is 7. The highest BCUT2D eigenvalue weighted by molar-refractivity contribution is 5.81. The molecule has 1 fully saturated rings. The van der Waals surface area contributed by atoms with Crippen molar-refractivity contribution >= 4 is 11.9 Å². The van der Waals surface area contributed by atoms with Crippen LogP contribution in [0.4, 0.5) is 0 Å². The predicted molar refractivity (Wildman–Crippen MR) is 75.5 cm³/mol. The van der Waals surface area contributed by atoms with Crippen molar-refractivity contribution in [3.63, 3.8) is 0 Å². The van der Waals surface area contributed by atoms with E-state index in [4.69, 9.17) is 4.74 Å². The summed E-state index contributed by atoms with van der Waals surface area (Å²) in [6.07, 6.45) is 2.27. The van der Waals surface area contributed by atoms with E-state index >= 15 is 0 Å². The molecule has 1 rings (SSSR count). The van der Waals surface area contributed by atoms with Crippen LogP contribution in [-0.4, -0.2) is 47.1 Å². The van der Waals surface area contributed by atoms with Gasteiger partial charge < -0.3 is 20.1 Å². The zero-order valence-electron chi connectivity index (χ0n) is 12.7. The van der Waals surface area contributed by atoms with E-state index in [0.717, 1.165) is 6.42 Å². The Morgan fingerprint density at radius 2 is 1.81 bits per heavy atom. The minimum absolute atomic E-state index is 0.0896. The molecule has 3 atom stereocenters. The van der Waals surface area contributed by atoms with E-state index in [1.165, 1.54) is 0 Å². The average Bonchev–Trinajstić information content (AvgIpc) is 2.48. The molecule has 1 aliphatic rings. The first-order valence-corrected chi connectivity index (χ1v) is 7.50. The van der Waals surface area contributed by atoms with Crippen molar-refractivity contribution in [2.45, 2.75) is 39.5 Å². The van der Waals surface area contributed by atoms with Gasteiger partial charge in [0, 0.05) is 0 Å². The number of carboxylic acids is 1. The minimum atomic E-state index is -0.963. The van der Waals surface area contributed by atoms with Crippen LogP contribution in [0.5, 0.6) is 0 Å². The number of hydrogen-bond donors (Lipinski definition) is 3. The lowest BCUT2D eigenvalue weighted by Crippen LogP contribution is -2.40. The van der Waals surface area contributed by atoms with Crippen molar-refractivity contribution in [3.05, 3.63) is 0 Å². The Kier molecular flexibility index (Phi) is 6.61. The maximum atomic E-state index is 12.2. The zero-order chi connectivity index (χ0) is 16.0. The first-order valence-electron chi connectivity index (χ1n) is 7.50. The van der Waals surface area contributed by atoms with Crippen molar-refractivity contribution in [2.75, 3.05) is 19.8 Å². The van der Waals surface area contributed by atoms with Crippen molar-refractivity contribution in [1.82, 2.24) is 0 Å². The molecular weight excluding hydrogens is 276 g/mol. The lowest BCUT2D eigenvalue weighted by atomic mass is 9.74. The van der Waals surface area contributed by atoms with Crippen molar-refractivity contribution in [3.8, 4) is 0 Å². The summed E-state index contributed by atoms with van der Waals surface area (Å²) in [6, 6.07) is 0. The highest BCUT2D eigenvalue weighted by Gasteiger charge is 2.40. The molecule has 0 heterocycles. The van der Waals surface area contributed by atoms with E-state index in [1.54, 1.807) is 6.92 Å². The lowest BCUT2D eigenvalue weighted by molar-refractivity contribution is -0.164. The summed E-state index contributed by atoms with van der Waals surface area (Å²) in [5.41, 5.74) is -0.851. The van der Waals surface area contributed by atoms with Crippen LogP contribution in [0.25, 0.3) is 0 Å².